The van der Waals surface area contributed by atoms with Crippen LogP contribution >= 0.6 is 23.2 Å². The molecule has 0 spiro atoms. The fourth-order valence-corrected chi connectivity index (χ4v) is 2.34. The molecule has 1 N–H and O–H groups in total. The highest BCUT2D eigenvalue weighted by Gasteiger charge is 2.30. The van der Waals surface area contributed by atoms with Crippen LogP contribution in [0.1, 0.15) is 18.4 Å². The van der Waals surface area contributed by atoms with E-state index in [1.165, 1.54) is 0 Å². The molecule has 0 aliphatic carbocycles. The van der Waals surface area contributed by atoms with Crippen LogP contribution in [0.4, 0.5) is 0 Å². The molecule has 0 atom stereocenters. The summed E-state index contributed by atoms with van der Waals surface area (Å²) in [4.78, 5) is 0. The van der Waals surface area contributed by atoms with Gasteiger partial charge in [0.15, 0.2) is 0 Å². The molecular formula is C12H14Cl2O2. The summed E-state index contributed by atoms with van der Waals surface area (Å²) in [6, 6.07) is 5.33. The smallest absolute Gasteiger partial charge is 0.0732 e. The van der Waals surface area contributed by atoms with E-state index in [4.69, 9.17) is 27.9 Å². The SMILES string of the molecule is OC1(Cc2cc(Cl)ccc2Cl)CCOCC1. The summed E-state index contributed by atoms with van der Waals surface area (Å²) in [5.41, 5.74) is 0.200. The Kier molecular flexibility index (Phi) is 3.75. The number of hydrogen-bond acceptors (Lipinski definition) is 2. The molecule has 1 aliphatic rings. The molecule has 0 bridgehead atoms. The van der Waals surface area contributed by atoms with Crippen molar-refractivity contribution < 1.29 is 9.84 Å². The largest absolute Gasteiger partial charge is 0.389 e. The topological polar surface area (TPSA) is 29.5 Å². The molecule has 1 heterocycles. The van der Waals surface area contributed by atoms with Gasteiger partial charge in [0.25, 0.3) is 0 Å². The summed E-state index contributed by atoms with van der Waals surface area (Å²) in [5.74, 6) is 0. The first-order valence-corrected chi connectivity index (χ1v) is 6.09. The van der Waals surface area contributed by atoms with E-state index in [-0.39, 0.29) is 0 Å². The van der Waals surface area contributed by atoms with Crippen LogP contribution < -0.4 is 0 Å². The van der Waals surface area contributed by atoms with Crippen LogP contribution in [-0.2, 0) is 11.2 Å². The first kappa shape index (κ1) is 12.2. The lowest BCUT2D eigenvalue weighted by molar-refractivity contribution is -0.0625. The fraction of sp³-hybridized carbons (Fsp3) is 0.500. The molecular weight excluding hydrogens is 247 g/mol. The minimum Gasteiger partial charge on any atom is -0.389 e. The van der Waals surface area contributed by atoms with Gasteiger partial charge in [-0.05, 0) is 36.6 Å². The average molecular weight is 261 g/mol. The minimum absolute atomic E-state index is 0.537. The van der Waals surface area contributed by atoms with E-state index in [1.807, 2.05) is 6.07 Å². The van der Waals surface area contributed by atoms with Gasteiger partial charge in [0.1, 0.15) is 0 Å². The highest BCUT2D eigenvalue weighted by atomic mass is 35.5. The second-order valence-corrected chi connectivity index (χ2v) is 5.09. The summed E-state index contributed by atoms with van der Waals surface area (Å²) in [6.45, 7) is 1.21. The second kappa shape index (κ2) is 4.92. The van der Waals surface area contributed by atoms with E-state index in [9.17, 15) is 5.11 Å². The molecule has 16 heavy (non-hydrogen) atoms. The van der Waals surface area contributed by atoms with Crippen LogP contribution in [0.2, 0.25) is 10.0 Å². The van der Waals surface area contributed by atoms with Gasteiger partial charge >= 0.3 is 0 Å². The Morgan fingerprint density at radius 2 is 1.94 bits per heavy atom. The van der Waals surface area contributed by atoms with Crippen molar-refractivity contribution in [3.05, 3.63) is 33.8 Å². The van der Waals surface area contributed by atoms with Gasteiger partial charge in [-0.2, -0.15) is 0 Å². The van der Waals surface area contributed by atoms with E-state index in [2.05, 4.69) is 0 Å². The van der Waals surface area contributed by atoms with E-state index >= 15 is 0 Å². The van der Waals surface area contributed by atoms with Gasteiger partial charge < -0.3 is 9.84 Å². The zero-order valence-electron chi connectivity index (χ0n) is 8.88. The summed E-state index contributed by atoms with van der Waals surface area (Å²) < 4.78 is 5.24. The van der Waals surface area contributed by atoms with E-state index in [0.717, 1.165) is 5.56 Å². The number of benzene rings is 1. The van der Waals surface area contributed by atoms with Crippen LogP contribution in [0, 0.1) is 0 Å². The molecule has 4 heteroatoms. The predicted molar refractivity (Wildman–Crippen MR) is 65.2 cm³/mol. The van der Waals surface area contributed by atoms with Crippen molar-refractivity contribution in [2.45, 2.75) is 24.9 Å². The van der Waals surface area contributed by atoms with Crippen molar-refractivity contribution in [1.82, 2.24) is 0 Å². The van der Waals surface area contributed by atoms with Crippen molar-refractivity contribution in [3.8, 4) is 0 Å². The van der Waals surface area contributed by atoms with Gasteiger partial charge in [0.2, 0.25) is 0 Å². The Bertz CT molecular complexity index is 373. The number of halogens is 2. The molecule has 0 amide bonds. The van der Waals surface area contributed by atoms with E-state index in [0.29, 0.717) is 42.5 Å². The van der Waals surface area contributed by atoms with Crippen LogP contribution in [0.3, 0.4) is 0 Å². The number of hydrogen-bond donors (Lipinski definition) is 1. The monoisotopic (exact) mass is 260 g/mol. The first-order valence-electron chi connectivity index (χ1n) is 5.33. The average Bonchev–Trinajstić information content (AvgIpc) is 2.24. The summed E-state index contributed by atoms with van der Waals surface area (Å²) in [7, 11) is 0. The predicted octanol–water partition coefficient (Wildman–Crippen LogP) is 3.08. The molecule has 0 radical (unpaired) electrons. The maximum atomic E-state index is 10.4. The third kappa shape index (κ3) is 2.89. The highest BCUT2D eigenvalue weighted by Crippen LogP contribution is 2.29. The zero-order chi connectivity index (χ0) is 11.6. The van der Waals surface area contributed by atoms with Crippen molar-refractivity contribution in [3.63, 3.8) is 0 Å². The first-order chi connectivity index (χ1) is 7.59. The van der Waals surface area contributed by atoms with E-state index < -0.39 is 5.60 Å². The van der Waals surface area contributed by atoms with Crippen LogP contribution in [0.15, 0.2) is 18.2 Å². The van der Waals surface area contributed by atoms with Gasteiger partial charge in [-0.15, -0.1) is 0 Å². The molecule has 1 aromatic rings. The quantitative estimate of drug-likeness (QED) is 0.886. The third-order valence-electron chi connectivity index (χ3n) is 2.95. The lowest BCUT2D eigenvalue weighted by Gasteiger charge is -2.32. The Labute approximate surface area is 105 Å². The molecule has 1 saturated heterocycles. The molecule has 0 aromatic heterocycles. The van der Waals surface area contributed by atoms with Crippen molar-refractivity contribution in [1.29, 1.82) is 0 Å². The zero-order valence-corrected chi connectivity index (χ0v) is 10.4. The molecule has 0 unspecified atom stereocenters. The number of ether oxygens (including phenoxy) is 1. The molecule has 88 valence electrons. The van der Waals surface area contributed by atoms with Gasteiger partial charge in [-0.25, -0.2) is 0 Å². The Hall–Kier alpha value is -0.280. The number of aliphatic hydroxyl groups is 1. The second-order valence-electron chi connectivity index (χ2n) is 4.25. The Morgan fingerprint density at radius 1 is 1.25 bits per heavy atom. The molecule has 2 rings (SSSR count). The third-order valence-corrected chi connectivity index (χ3v) is 3.55. The summed E-state index contributed by atoms with van der Waals surface area (Å²) in [6.07, 6.45) is 1.83. The standard InChI is InChI=1S/C12H14Cl2O2/c13-10-1-2-11(14)9(7-10)8-12(15)3-5-16-6-4-12/h1-2,7,15H,3-6,8H2. The molecule has 1 aliphatic heterocycles. The van der Waals surface area contributed by atoms with Gasteiger partial charge in [-0.3, -0.25) is 0 Å². The van der Waals surface area contributed by atoms with Crippen molar-refractivity contribution in [2.75, 3.05) is 13.2 Å². The maximum absolute atomic E-state index is 10.4. The van der Waals surface area contributed by atoms with Crippen LogP contribution in [0.5, 0.6) is 0 Å². The fourth-order valence-electron chi connectivity index (χ4n) is 1.96. The normalized spacial score (nSPS) is 19.7. The molecule has 1 aromatic carbocycles. The molecule has 0 saturated carbocycles. The van der Waals surface area contributed by atoms with Crippen LogP contribution in [-0.4, -0.2) is 23.9 Å². The van der Waals surface area contributed by atoms with E-state index in [1.54, 1.807) is 12.1 Å². The lowest BCUT2D eigenvalue weighted by atomic mass is 9.87. The Morgan fingerprint density at radius 3 is 2.62 bits per heavy atom. The number of rotatable bonds is 2. The van der Waals surface area contributed by atoms with Crippen molar-refractivity contribution in [2.24, 2.45) is 0 Å². The lowest BCUT2D eigenvalue weighted by Crippen LogP contribution is -2.38. The van der Waals surface area contributed by atoms with Gasteiger partial charge in [0, 0.05) is 29.7 Å². The van der Waals surface area contributed by atoms with Crippen LogP contribution in [0.25, 0.3) is 0 Å². The minimum atomic E-state index is -0.702. The van der Waals surface area contributed by atoms with Gasteiger partial charge in [-0.1, -0.05) is 23.2 Å². The van der Waals surface area contributed by atoms with Crippen molar-refractivity contribution >= 4 is 23.2 Å². The summed E-state index contributed by atoms with van der Waals surface area (Å²) >= 11 is 12.0. The molecule has 1 fully saturated rings. The maximum Gasteiger partial charge on any atom is 0.0732 e. The summed E-state index contributed by atoms with van der Waals surface area (Å²) in [5, 5.41) is 11.7. The highest BCUT2D eigenvalue weighted by molar-refractivity contribution is 6.33. The Balaban J connectivity index is 2.15. The molecule has 2 nitrogen and oxygen atoms in total. The van der Waals surface area contributed by atoms with Gasteiger partial charge in [0.05, 0.1) is 5.60 Å².